The molecule has 64 heavy (non-hydrogen) atoms. The Kier molecular flexibility index (Phi) is 5.88. The first kappa shape index (κ1) is 28.0. The lowest BCUT2D eigenvalue weighted by Gasteiger charge is -2.20. The van der Waals surface area contributed by atoms with Crippen molar-refractivity contribution in [3.63, 3.8) is 0 Å². The van der Waals surface area contributed by atoms with E-state index in [1.807, 2.05) is 91.0 Å². The lowest BCUT2D eigenvalue weighted by molar-refractivity contribution is 0.669. The summed E-state index contributed by atoms with van der Waals surface area (Å²) in [6.07, 6.45) is 0. The minimum atomic E-state index is -0.516. The molecular weight excluding hydrogens is 781 g/mol. The summed E-state index contributed by atoms with van der Waals surface area (Å²) in [6, 6.07) is 53.5. The Balaban J connectivity index is 1.19. The van der Waals surface area contributed by atoms with Crippen molar-refractivity contribution in [2.75, 3.05) is 0 Å². The van der Waals surface area contributed by atoms with Crippen molar-refractivity contribution in [3.8, 4) is 39.6 Å². The van der Waals surface area contributed by atoms with Gasteiger partial charge in [0.05, 0.1) is 49.8 Å². The normalized spacial score (nSPS) is 13.8. The molecule has 5 aromatic heterocycles. The average molecular weight is 825 g/mol. The van der Waals surface area contributed by atoms with E-state index in [1.165, 1.54) is 4.57 Å². The average Bonchev–Trinajstić information content (AvgIpc) is 4.17. The molecule has 0 unspecified atom stereocenters. The highest BCUT2D eigenvalue weighted by molar-refractivity contribution is 6.13. The van der Waals surface area contributed by atoms with Crippen LogP contribution in [0.2, 0.25) is 0 Å². The van der Waals surface area contributed by atoms with E-state index in [0.717, 1.165) is 87.9 Å². The maximum atomic E-state index is 9.48. The van der Waals surface area contributed by atoms with Crippen LogP contribution in [-0.2, 0) is 0 Å². The van der Waals surface area contributed by atoms with Crippen molar-refractivity contribution in [2.45, 2.75) is 0 Å². The van der Waals surface area contributed by atoms with Crippen molar-refractivity contribution in [2.24, 2.45) is 0 Å². The number of benzene rings is 9. The largest absolute Gasteiger partial charge is 0.456 e. The molecule has 0 radical (unpaired) electrons. The summed E-state index contributed by atoms with van der Waals surface area (Å²) >= 11 is 0. The van der Waals surface area contributed by atoms with Crippen LogP contribution in [0.25, 0.3) is 127 Å². The van der Waals surface area contributed by atoms with Crippen LogP contribution in [0.3, 0.4) is 0 Å². The molecule has 5 nitrogen and oxygen atoms in total. The van der Waals surface area contributed by atoms with Crippen LogP contribution in [0.1, 0.15) is 11.0 Å². The van der Waals surface area contributed by atoms with E-state index in [2.05, 4.69) is 88.0 Å². The summed E-state index contributed by atoms with van der Waals surface area (Å²) in [6.45, 7) is 0. The van der Waals surface area contributed by atoms with Crippen LogP contribution < -0.4 is 0 Å². The van der Waals surface area contributed by atoms with Crippen LogP contribution in [0, 0.1) is 0 Å². The predicted octanol–water partition coefficient (Wildman–Crippen LogP) is 15.6. The molecule has 0 bridgehead atoms. The fourth-order valence-corrected chi connectivity index (χ4v) is 10.0. The topological polar surface area (TPSA) is 40.8 Å². The van der Waals surface area contributed by atoms with Crippen LogP contribution >= 0.6 is 0 Å². The molecule has 5 heterocycles. The fourth-order valence-electron chi connectivity index (χ4n) is 10.0. The highest BCUT2D eigenvalue weighted by atomic mass is 16.3. The summed E-state index contributed by atoms with van der Waals surface area (Å²) in [4.78, 5) is 5.45. The first-order valence-corrected chi connectivity index (χ1v) is 21.1. The van der Waals surface area contributed by atoms with Gasteiger partial charge in [0.2, 0.25) is 0 Å². The van der Waals surface area contributed by atoms with E-state index in [-0.39, 0.29) is 27.6 Å². The molecule has 0 fully saturated rings. The third-order valence-electron chi connectivity index (χ3n) is 12.7. The number of hydrogen-bond acceptors (Lipinski definition) is 2. The molecule has 9 aromatic carbocycles. The number of hydrogen-bond donors (Lipinski definition) is 0. The first-order chi connectivity index (χ1) is 35.1. The zero-order chi connectivity index (χ0) is 48.8. The summed E-state index contributed by atoms with van der Waals surface area (Å²) in [5.41, 5.74) is 9.19. The maximum absolute atomic E-state index is 9.48. The van der Waals surface area contributed by atoms with E-state index in [9.17, 15) is 5.48 Å². The molecule has 0 saturated heterocycles. The highest BCUT2D eigenvalue weighted by Gasteiger charge is 2.24. The lowest BCUT2D eigenvalue weighted by Crippen LogP contribution is -2.06. The van der Waals surface area contributed by atoms with Crippen molar-refractivity contribution in [3.05, 3.63) is 218 Å². The van der Waals surface area contributed by atoms with Crippen LogP contribution in [0.4, 0.5) is 0 Å². The van der Waals surface area contributed by atoms with Gasteiger partial charge in [0.15, 0.2) is 0 Å². The van der Waals surface area contributed by atoms with Gasteiger partial charge in [0.1, 0.15) is 22.8 Å². The molecule has 0 aliphatic heterocycles. The number of pyridine rings is 1. The Hall–Kier alpha value is -8.67. The third kappa shape index (κ3) is 4.98. The van der Waals surface area contributed by atoms with Crippen molar-refractivity contribution in [1.82, 2.24) is 18.7 Å². The van der Waals surface area contributed by atoms with E-state index in [1.54, 1.807) is 0 Å². The number of furan rings is 1. The Morgan fingerprint density at radius 1 is 0.359 bits per heavy atom. The van der Waals surface area contributed by atoms with Crippen molar-refractivity contribution < 1.29 is 15.4 Å². The van der Waals surface area contributed by atoms with Gasteiger partial charge in [0.25, 0.3) is 0 Å². The molecule has 0 N–H and O–H groups in total. The molecule has 0 aliphatic carbocycles. The van der Waals surface area contributed by atoms with E-state index < -0.39 is 48.3 Å². The number of rotatable bonds is 5. The molecule has 0 atom stereocenters. The number of fused-ring (bicyclic) bond motifs is 12. The Bertz CT molecular complexity index is 4510. The minimum absolute atomic E-state index is 0.0212. The second-order valence-electron chi connectivity index (χ2n) is 16.1. The zero-order valence-electron chi connectivity index (χ0n) is 41.9. The standard InChI is InChI=1S/C59H36N4O/c1-8-24-48-40(16-1)41-17-2-9-25-49(41)61(48)54-30-15-23-39(37-32-33-47-46-22-7-14-31-55(46)64-56(47)34-37)59(54)38-35-57(62-50-26-10-3-18-42(50)43-19-4-11-27-51(43)62)60-58(36-38)63-52-28-12-5-20-44(52)45-21-6-13-29-53(45)63/h1-36H/i3D,4D,10D,11D,18D,19D,26D,27D. The summed E-state index contributed by atoms with van der Waals surface area (Å²) < 4.78 is 85.3. The zero-order valence-corrected chi connectivity index (χ0v) is 33.9. The number of para-hydroxylation sites is 7. The summed E-state index contributed by atoms with van der Waals surface area (Å²) in [7, 11) is 0. The van der Waals surface area contributed by atoms with Gasteiger partial charge in [-0.15, -0.1) is 0 Å². The van der Waals surface area contributed by atoms with Gasteiger partial charge in [-0.25, -0.2) is 4.98 Å². The Labute approximate surface area is 378 Å². The van der Waals surface area contributed by atoms with Crippen LogP contribution in [0.15, 0.2) is 223 Å². The second-order valence-corrected chi connectivity index (χ2v) is 16.1. The molecule has 0 amide bonds. The van der Waals surface area contributed by atoms with Gasteiger partial charge >= 0.3 is 0 Å². The van der Waals surface area contributed by atoms with E-state index in [0.29, 0.717) is 11.4 Å². The van der Waals surface area contributed by atoms with Crippen molar-refractivity contribution in [1.29, 1.82) is 0 Å². The fraction of sp³-hybridized carbons (Fsp3) is 0. The Morgan fingerprint density at radius 3 is 1.44 bits per heavy atom. The number of aromatic nitrogens is 4. The molecule has 0 spiro atoms. The quantitative estimate of drug-likeness (QED) is 0.173. The molecule has 14 rings (SSSR count). The highest BCUT2D eigenvalue weighted by Crippen LogP contribution is 2.44. The van der Waals surface area contributed by atoms with Gasteiger partial charge in [-0.3, -0.25) is 9.13 Å². The van der Waals surface area contributed by atoms with Gasteiger partial charge in [-0.05, 0) is 89.4 Å². The van der Waals surface area contributed by atoms with Gasteiger partial charge in [0, 0.05) is 48.7 Å². The van der Waals surface area contributed by atoms with E-state index in [4.69, 9.17) is 14.9 Å². The van der Waals surface area contributed by atoms with Gasteiger partial charge in [-0.1, -0.05) is 145 Å². The first-order valence-electron chi connectivity index (χ1n) is 25.1. The summed E-state index contributed by atoms with van der Waals surface area (Å²) in [5.74, 6) is 0.641. The predicted molar refractivity (Wildman–Crippen MR) is 265 cm³/mol. The minimum Gasteiger partial charge on any atom is -0.456 e. The Morgan fingerprint density at radius 2 is 0.844 bits per heavy atom. The second kappa shape index (κ2) is 13.4. The number of nitrogens with zero attached hydrogens (tertiary/aromatic N) is 4. The van der Waals surface area contributed by atoms with Crippen LogP contribution in [-0.4, -0.2) is 18.7 Å². The molecule has 0 saturated carbocycles. The molecular formula is C59H36N4O. The molecule has 5 heteroatoms. The van der Waals surface area contributed by atoms with Gasteiger partial charge < -0.3 is 8.98 Å². The molecule has 14 aromatic rings. The smallest absolute Gasteiger partial charge is 0.140 e. The monoisotopic (exact) mass is 824 g/mol. The summed E-state index contributed by atoms with van der Waals surface area (Å²) in [5, 5.41) is 6.06. The lowest BCUT2D eigenvalue weighted by atomic mass is 9.92. The van der Waals surface area contributed by atoms with Crippen LogP contribution in [0.5, 0.6) is 0 Å². The third-order valence-corrected chi connectivity index (χ3v) is 12.7. The van der Waals surface area contributed by atoms with Gasteiger partial charge in [-0.2, -0.15) is 0 Å². The SMILES string of the molecule is [2H]c1c([2H])c([2H])c2c(c1[2H])c1c([2H])c([2H])c([2H])c([2H])c1n2-c1cc(-c2c(-c3ccc4c(c3)oc3ccccc34)cccc2-n2c3ccccc3c3ccccc32)cc(-n2c3ccccc3c3ccccc32)n1. The molecule has 0 aliphatic rings. The van der Waals surface area contributed by atoms with E-state index >= 15 is 0 Å². The maximum Gasteiger partial charge on any atom is 0.140 e. The molecule has 298 valence electrons. The van der Waals surface area contributed by atoms with Crippen molar-refractivity contribution >= 4 is 87.4 Å².